The molecule has 2 heterocycles. The molecule has 3 aromatic rings. The minimum absolute atomic E-state index is 0.0692. The smallest absolute Gasteiger partial charge is 0.332 e. The predicted molar refractivity (Wildman–Crippen MR) is 118 cm³/mol. The topological polar surface area (TPSA) is 94.1 Å². The molecule has 0 bridgehead atoms. The lowest BCUT2D eigenvalue weighted by Crippen LogP contribution is -2.39. The fourth-order valence-corrected chi connectivity index (χ4v) is 4.33. The summed E-state index contributed by atoms with van der Waals surface area (Å²) in [5.74, 6) is 0.503. The van der Waals surface area contributed by atoms with E-state index < -0.39 is 11.2 Å². The number of aromatic nitrogens is 4. The number of nitrogens with one attached hydrogen (secondary N) is 1. The molecule has 1 fully saturated rings. The predicted octanol–water partition coefficient (Wildman–Crippen LogP) is 2.50. The Labute approximate surface area is 182 Å². The van der Waals surface area contributed by atoms with Gasteiger partial charge >= 0.3 is 5.69 Å². The van der Waals surface area contributed by atoms with E-state index in [-0.39, 0.29) is 18.7 Å². The number of imidazole rings is 1. The molecule has 1 saturated carbocycles. The van der Waals surface area contributed by atoms with Crippen LogP contribution < -0.4 is 16.6 Å². The summed E-state index contributed by atoms with van der Waals surface area (Å²) in [5, 5.41) is 14.0. The summed E-state index contributed by atoms with van der Waals surface area (Å²) in [6, 6.07) is 5.08. The Morgan fingerprint density at radius 2 is 1.93 bits per heavy atom. The molecular weight excluding hydrogens is 429 g/mol. The highest BCUT2D eigenvalue weighted by molar-refractivity contribution is 6.42. The van der Waals surface area contributed by atoms with Gasteiger partial charge in [0.15, 0.2) is 11.2 Å². The zero-order chi connectivity index (χ0) is 21.6. The molecule has 2 aromatic heterocycles. The number of anilines is 1. The number of hydrogen-bond acceptors (Lipinski definition) is 5. The molecule has 0 aliphatic heterocycles. The molecule has 2 N–H and O–H groups in total. The Bertz CT molecular complexity index is 1230. The van der Waals surface area contributed by atoms with Gasteiger partial charge in [-0.2, -0.15) is 4.98 Å². The van der Waals surface area contributed by atoms with Crippen LogP contribution in [-0.2, 0) is 20.6 Å². The normalized spacial score (nSPS) is 19.4. The molecule has 0 spiro atoms. The first-order chi connectivity index (χ1) is 14.3. The maximum Gasteiger partial charge on any atom is 0.332 e. The van der Waals surface area contributed by atoms with Crippen molar-refractivity contribution in [3.63, 3.8) is 0 Å². The second-order valence-electron chi connectivity index (χ2n) is 7.81. The average Bonchev–Trinajstić information content (AvgIpc) is 3.03. The molecule has 1 aromatic carbocycles. The highest BCUT2D eigenvalue weighted by Gasteiger charge is 2.24. The number of hydrogen-bond donors (Lipinski definition) is 2. The van der Waals surface area contributed by atoms with E-state index in [1.54, 1.807) is 36.9 Å². The van der Waals surface area contributed by atoms with Crippen molar-refractivity contribution in [3.05, 3.63) is 54.6 Å². The van der Waals surface area contributed by atoms with Gasteiger partial charge < -0.3 is 15.0 Å². The van der Waals surface area contributed by atoms with Gasteiger partial charge in [-0.25, -0.2) is 4.79 Å². The highest BCUT2D eigenvalue weighted by atomic mass is 35.5. The Balaban J connectivity index is 1.76. The molecule has 8 nitrogen and oxygen atoms in total. The van der Waals surface area contributed by atoms with Crippen molar-refractivity contribution in [2.45, 2.75) is 44.4 Å². The zero-order valence-electron chi connectivity index (χ0n) is 16.7. The molecule has 0 saturated heterocycles. The maximum atomic E-state index is 13.2. The summed E-state index contributed by atoms with van der Waals surface area (Å²) < 4.78 is 4.20. The fraction of sp³-hybridized carbons (Fsp3) is 0.450. The van der Waals surface area contributed by atoms with Gasteiger partial charge in [-0.3, -0.25) is 13.9 Å². The molecule has 0 radical (unpaired) electrons. The lowest BCUT2D eigenvalue weighted by Gasteiger charge is -2.26. The minimum Gasteiger partial charge on any atom is -0.393 e. The number of fused-ring (bicyclic) bond motifs is 1. The van der Waals surface area contributed by atoms with Gasteiger partial charge in [-0.1, -0.05) is 29.3 Å². The number of nitrogens with zero attached hydrogens (tertiary/aromatic N) is 4. The number of benzene rings is 1. The van der Waals surface area contributed by atoms with Crippen molar-refractivity contribution >= 4 is 40.3 Å². The van der Waals surface area contributed by atoms with Crippen molar-refractivity contribution in [1.82, 2.24) is 18.7 Å². The van der Waals surface area contributed by atoms with Gasteiger partial charge in [-0.15, -0.1) is 0 Å². The maximum absolute atomic E-state index is 13.2. The van der Waals surface area contributed by atoms with Crippen LogP contribution in [0.3, 0.4) is 0 Å². The lowest BCUT2D eigenvalue weighted by atomic mass is 9.93. The van der Waals surface area contributed by atoms with Gasteiger partial charge in [0.1, 0.15) is 0 Å². The van der Waals surface area contributed by atoms with E-state index in [2.05, 4.69) is 10.3 Å². The van der Waals surface area contributed by atoms with E-state index in [9.17, 15) is 14.7 Å². The summed E-state index contributed by atoms with van der Waals surface area (Å²) in [4.78, 5) is 30.6. The third kappa shape index (κ3) is 3.75. The zero-order valence-corrected chi connectivity index (χ0v) is 18.2. The first-order valence-electron chi connectivity index (χ1n) is 9.81. The van der Waals surface area contributed by atoms with Gasteiger partial charge in [0.2, 0.25) is 5.95 Å². The van der Waals surface area contributed by atoms with Crippen molar-refractivity contribution in [3.8, 4) is 0 Å². The van der Waals surface area contributed by atoms with Gasteiger partial charge in [-0.05, 0) is 43.4 Å². The quantitative estimate of drug-likeness (QED) is 0.635. The molecule has 1 unspecified atom stereocenters. The molecule has 30 heavy (non-hydrogen) atoms. The molecule has 0 amide bonds. The van der Waals surface area contributed by atoms with Crippen molar-refractivity contribution in [2.75, 3.05) is 5.32 Å². The summed E-state index contributed by atoms with van der Waals surface area (Å²) in [6.45, 7) is 0.0705. The third-order valence-corrected chi connectivity index (χ3v) is 6.40. The summed E-state index contributed by atoms with van der Waals surface area (Å²) in [5.41, 5.74) is 0.453. The van der Waals surface area contributed by atoms with Crippen LogP contribution in [0.4, 0.5) is 5.95 Å². The van der Waals surface area contributed by atoms with E-state index >= 15 is 0 Å². The summed E-state index contributed by atoms with van der Waals surface area (Å²) in [7, 11) is 3.34. The van der Waals surface area contributed by atoms with Crippen LogP contribution in [0, 0.1) is 0 Å². The molecule has 10 heteroatoms. The van der Waals surface area contributed by atoms with E-state index in [0.717, 1.165) is 23.8 Å². The molecule has 4 rings (SSSR count). The van der Waals surface area contributed by atoms with Crippen LogP contribution >= 0.6 is 23.2 Å². The third-order valence-electron chi connectivity index (χ3n) is 5.66. The lowest BCUT2D eigenvalue weighted by molar-refractivity contribution is 0.124. The molecule has 1 aliphatic carbocycles. The largest absolute Gasteiger partial charge is 0.393 e. The number of rotatable bonds is 4. The average molecular weight is 452 g/mol. The molecular formula is C20H23Cl2N5O3. The summed E-state index contributed by atoms with van der Waals surface area (Å²) in [6.07, 6.45) is 2.94. The second-order valence-corrected chi connectivity index (χ2v) is 8.62. The molecule has 160 valence electrons. The van der Waals surface area contributed by atoms with E-state index in [1.165, 1.54) is 4.57 Å². The monoisotopic (exact) mass is 451 g/mol. The Morgan fingerprint density at radius 1 is 1.17 bits per heavy atom. The molecule has 1 aliphatic rings. The van der Waals surface area contributed by atoms with Gasteiger partial charge in [0.05, 0.1) is 22.7 Å². The van der Waals surface area contributed by atoms with Crippen LogP contribution in [0.2, 0.25) is 10.0 Å². The number of aliphatic hydroxyl groups excluding tert-OH is 1. The summed E-state index contributed by atoms with van der Waals surface area (Å²) >= 11 is 12.0. The molecule has 2 atom stereocenters. The Kier molecular flexibility index (Phi) is 5.65. The first-order valence-corrected chi connectivity index (χ1v) is 10.6. The number of halogens is 2. The van der Waals surface area contributed by atoms with E-state index in [4.69, 9.17) is 23.2 Å². The minimum atomic E-state index is -0.462. The van der Waals surface area contributed by atoms with Crippen LogP contribution in [0.5, 0.6) is 0 Å². The van der Waals surface area contributed by atoms with E-state index in [0.29, 0.717) is 39.1 Å². The van der Waals surface area contributed by atoms with Gasteiger partial charge in [0, 0.05) is 20.1 Å². The number of aliphatic hydroxyl groups is 1. The van der Waals surface area contributed by atoms with Crippen molar-refractivity contribution in [1.29, 1.82) is 0 Å². The van der Waals surface area contributed by atoms with Crippen LogP contribution in [-0.4, -0.2) is 35.9 Å². The highest BCUT2D eigenvalue weighted by Crippen LogP contribution is 2.24. The SMILES string of the molecule is Cn1c(NC2CCC[C@@H](O)C2)nc2c1c(=O)n(Cc1ccc(Cl)c(Cl)c1)c(=O)n2C. The van der Waals surface area contributed by atoms with Gasteiger partial charge in [0.25, 0.3) is 5.56 Å². The number of aryl methyl sites for hydroxylation is 2. The Morgan fingerprint density at radius 3 is 2.63 bits per heavy atom. The van der Waals surface area contributed by atoms with Crippen molar-refractivity contribution in [2.24, 2.45) is 14.1 Å². The van der Waals surface area contributed by atoms with Crippen molar-refractivity contribution < 1.29 is 5.11 Å². The van der Waals surface area contributed by atoms with Crippen LogP contribution in [0.25, 0.3) is 11.2 Å². The van der Waals surface area contributed by atoms with E-state index in [1.807, 2.05) is 0 Å². The fourth-order valence-electron chi connectivity index (χ4n) is 4.01. The van der Waals surface area contributed by atoms with Crippen LogP contribution in [0.15, 0.2) is 27.8 Å². The second kappa shape index (κ2) is 8.09. The Hall–Kier alpha value is -2.29. The standard InChI is InChI=1S/C20H23Cl2N5O3/c1-25-16-17(24-19(25)23-12-4-3-5-13(28)9-12)26(2)20(30)27(18(16)29)10-11-6-7-14(21)15(22)8-11/h6-8,12-13,28H,3-5,9-10H2,1-2H3,(H,23,24)/t12?,13-/m1/s1. The first kappa shape index (κ1) is 21.0. The van der Waals surface area contributed by atoms with Crippen LogP contribution in [0.1, 0.15) is 31.2 Å².